The molecule has 10 heteroatoms. The largest absolute Gasteiger partial charge is 1.00 e. The van der Waals surface area contributed by atoms with E-state index in [0.717, 1.165) is 16.7 Å². The first-order valence-corrected chi connectivity index (χ1v) is 10.7. The number of ether oxygens (including phenoxy) is 1. The molecule has 9 nitrogen and oxygen atoms in total. The quantitative estimate of drug-likeness (QED) is 0.494. The van der Waals surface area contributed by atoms with Crippen LogP contribution in [0.2, 0.25) is 0 Å². The van der Waals surface area contributed by atoms with E-state index >= 15 is 0 Å². The molecule has 1 atom stereocenters. The number of hydrogen-bond donors (Lipinski definition) is 2. The first kappa shape index (κ1) is 25.9. The molecule has 1 aromatic heterocycles. The summed E-state index contributed by atoms with van der Waals surface area (Å²) >= 11 is 0. The van der Waals surface area contributed by atoms with Gasteiger partial charge >= 0.3 is 24.8 Å². The van der Waals surface area contributed by atoms with Crippen molar-refractivity contribution in [2.24, 2.45) is 0 Å². The van der Waals surface area contributed by atoms with Gasteiger partial charge in [-0.25, -0.2) is 14.8 Å². The molecule has 0 fully saturated rings. The Morgan fingerprint density at radius 2 is 1.97 bits per heavy atom. The van der Waals surface area contributed by atoms with Gasteiger partial charge in [0.15, 0.2) is 0 Å². The number of nitrogens with one attached hydrogen (secondary N) is 1. The molecule has 0 saturated carbocycles. The molecule has 0 aliphatic heterocycles. The molecule has 3 aromatic rings. The van der Waals surface area contributed by atoms with Crippen LogP contribution >= 0.6 is 0 Å². The van der Waals surface area contributed by atoms with Crippen LogP contribution in [0.4, 0.5) is 5.82 Å². The van der Waals surface area contributed by atoms with Gasteiger partial charge in [-0.15, -0.1) is 6.54 Å². The summed E-state index contributed by atoms with van der Waals surface area (Å²) in [6.45, 7) is 1.93. The van der Waals surface area contributed by atoms with Crippen molar-refractivity contribution in [2.45, 2.75) is 32.2 Å². The average Bonchev–Trinajstić information content (AvgIpc) is 3.28. The maximum Gasteiger partial charge on any atom is 1.00 e. The van der Waals surface area contributed by atoms with E-state index in [1.54, 1.807) is 32.2 Å². The molecule has 0 spiro atoms. The number of anilines is 1. The molecule has 0 bridgehead atoms. The Kier molecular flexibility index (Phi) is 8.28. The number of aromatic nitrogens is 2. The number of nitrogens with zero attached hydrogens (tertiary/aromatic N) is 3. The van der Waals surface area contributed by atoms with Crippen LogP contribution < -0.4 is 28.9 Å². The maximum atomic E-state index is 13.0. The summed E-state index contributed by atoms with van der Waals surface area (Å²) in [5.41, 5.74) is 3.54. The van der Waals surface area contributed by atoms with Crippen LogP contribution in [-0.2, 0) is 17.8 Å². The van der Waals surface area contributed by atoms with Crippen LogP contribution in [-0.4, -0.2) is 40.0 Å². The van der Waals surface area contributed by atoms with E-state index in [-0.39, 0.29) is 48.4 Å². The van der Waals surface area contributed by atoms with Gasteiger partial charge in [0.25, 0.3) is 0 Å². The topological polar surface area (TPSA) is 133 Å². The van der Waals surface area contributed by atoms with E-state index in [4.69, 9.17) is 4.74 Å². The molecule has 174 valence electrons. The zero-order chi connectivity index (χ0) is 24.2. The second-order valence-electron chi connectivity index (χ2n) is 7.95. The second kappa shape index (κ2) is 11.2. The molecular formula is C25H23LiN4O5. The molecule has 0 radical (unpaired) electrons. The van der Waals surface area contributed by atoms with Crippen molar-refractivity contribution in [1.82, 2.24) is 9.97 Å². The van der Waals surface area contributed by atoms with Gasteiger partial charge in [0.2, 0.25) is 5.91 Å². The van der Waals surface area contributed by atoms with Gasteiger partial charge in [-0.2, -0.15) is 0 Å². The number of hydrogen-bond acceptors (Lipinski definition) is 6. The number of fused-ring (bicyclic) bond motifs is 1. The van der Waals surface area contributed by atoms with Crippen molar-refractivity contribution < 1.29 is 43.1 Å². The third-order valence-electron chi connectivity index (χ3n) is 5.92. The van der Waals surface area contributed by atoms with Crippen LogP contribution in [0.5, 0.6) is 5.75 Å². The summed E-state index contributed by atoms with van der Waals surface area (Å²) in [6, 6.07) is 11.9. The number of amides is 2. The number of carboxylic acid groups (broad SMARTS) is 1. The fraction of sp³-hybridized carbons (Fsp3) is 0.240. The minimum absolute atomic E-state index is 0. The summed E-state index contributed by atoms with van der Waals surface area (Å²) < 4.78 is 5.17. The van der Waals surface area contributed by atoms with Gasteiger partial charge in [0, 0.05) is 6.07 Å². The molecule has 4 rings (SSSR count). The van der Waals surface area contributed by atoms with E-state index in [1.165, 1.54) is 18.5 Å². The Morgan fingerprint density at radius 1 is 1.17 bits per heavy atom. The molecule has 1 aliphatic rings. The van der Waals surface area contributed by atoms with E-state index < -0.39 is 17.8 Å². The molecule has 2 amide bonds. The first-order valence-electron chi connectivity index (χ1n) is 10.7. The Hall–Kier alpha value is -3.67. The normalized spacial score (nSPS) is 13.8. The molecule has 1 aliphatic carbocycles. The van der Waals surface area contributed by atoms with Gasteiger partial charge < -0.3 is 25.3 Å². The number of rotatable bonds is 7. The monoisotopic (exact) mass is 466 g/mol. The van der Waals surface area contributed by atoms with Crippen molar-refractivity contribution in [3.63, 3.8) is 0 Å². The molecule has 1 heterocycles. The van der Waals surface area contributed by atoms with Crippen LogP contribution in [0.1, 0.15) is 55.4 Å². The zero-order valence-corrected chi connectivity index (χ0v) is 19.7. The summed E-state index contributed by atoms with van der Waals surface area (Å²) in [6.07, 6.45) is 2.39. The number of methoxy groups -OCH3 is 1. The standard InChI is InChI=1S/C25H24N4O5.Li/c1-14-17-6-9-20(19(17)8-7-18(14)25(32)33)23(30)29-22-11-21(27-13-28-22)24(31)26-12-15-4-3-5-16(10-15)34-2;/h3-5,7-8,10-11,13,20H,6,9,12H2,1-2H3,(H3,26,27,28,29,30,31,32,33);/q;+1/p-1/t20-;/m0./s1. The zero-order valence-electron chi connectivity index (χ0n) is 19.7. The van der Waals surface area contributed by atoms with Gasteiger partial charge in [0.05, 0.1) is 24.3 Å². The van der Waals surface area contributed by atoms with E-state index in [0.29, 0.717) is 24.2 Å². The summed E-state index contributed by atoms with van der Waals surface area (Å²) in [5, 5.41) is 16.1. The number of aromatic carboxylic acids is 1. The minimum Gasteiger partial charge on any atom is -0.644 e. The van der Waals surface area contributed by atoms with E-state index in [9.17, 15) is 19.5 Å². The van der Waals surface area contributed by atoms with Crippen molar-refractivity contribution >= 4 is 23.6 Å². The minimum atomic E-state index is -0.983. The molecule has 35 heavy (non-hydrogen) atoms. The summed E-state index contributed by atoms with van der Waals surface area (Å²) in [4.78, 5) is 44.9. The Morgan fingerprint density at radius 3 is 2.71 bits per heavy atom. The summed E-state index contributed by atoms with van der Waals surface area (Å²) in [5.74, 6) is -1.33. The number of carbonyl (C=O) groups excluding carboxylic acids is 2. The van der Waals surface area contributed by atoms with Crippen LogP contribution in [0, 0.1) is 6.92 Å². The number of carbonyl (C=O) groups is 3. The van der Waals surface area contributed by atoms with Crippen molar-refractivity contribution in [1.29, 1.82) is 0 Å². The van der Waals surface area contributed by atoms with Gasteiger partial charge in [-0.05, 0) is 54.7 Å². The van der Waals surface area contributed by atoms with Crippen LogP contribution in [0.3, 0.4) is 0 Å². The Balaban J connectivity index is 0.00000342. The van der Waals surface area contributed by atoms with E-state index in [1.807, 2.05) is 12.1 Å². The number of benzene rings is 2. The Bertz CT molecular complexity index is 1280. The maximum absolute atomic E-state index is 13.0. The van der Waals surface area contributed by atoms with Crippen LogP contribution in [0.25, 0.3) is 5.32 Å². The predicted octanol–water partition coefficient (Wildman–Crippen LogP) is 0.878. The van der Waals surface area contributed by atoms with Crippen molar-refractivity contribution in [2.75, 3.05) is 12.4 Å². The first-order chi connectivity index (χ1) is 16.4. The van der Waals surface area contributed by atoms with Crippen molar-refractivity contribution in [3.05, 3.63) is 87.6 Å². The number of carboxylic acids is 1. The smallest absolute Gasteiger partial charge is 0.644 e. The molecule has 2 aromatic carbocycles. The fourth-order valence-electron chi connectivity index (χ4n) is 4.16. The predicted molar refractivity (Wildman–Crippen MR) is 124 cm³/mol. The summed E-state index contributed by atoms with van der Waals surface area (Å²) in [7, 11) is 1.57. The fourth-order valence-corrected chi connectivity index (χ4v) is 4.16. The molecular weight excluding hydrogens is 443 g/mol. The van der Waals surface area contributed by atoms with Gasteiger partial charge in [-0.3, -0.25) is 4.79 Å². The van der Waals surface area contributed by atoms with Crippen molar-refractivity contribution in [3.8, 4) is 5.75 Å². The van der Waals surface area contributed by atoms with Gasteiger partial charge in [0.1, 0.15) is 23.8 Å². The van der Waals surface area contributed by atoms with Gasteiger partial charge in [-0.1, -0.05) is 23.8 Å². The second-order valence-corrected chi connectivity index (χ2v) is 7.95. The van der Waals surface area contributed by atoms with Crippen LogP contribution in [0.15, 0.2) is 48.8 Å². The molecule has 2 N–H and O–H groups in total. The van der Waals surface area contributed by atoms with E-state index in [2.05, 4.69) is 20.6 Å². The average molecular weight is 466 g/mol. The third-order valence-corrected chi connectivity index (χ3v) is 5.92. The molecule has 0 saturated heterocycles. The molecule has 0 unspecified atom stereocenters. The Labute approximate surface area is 214 Å². The third kappa shape index (κ3) is 5.70. The SMILES string of the molecule is COc1cccc(C[N-]C(=O)c2cc(NC(=O)[C@H]3CCc4c3ccc(C(=O)O)c4C)ncn2)c1.[Li+].